The van der Waals surface area contributed by atoms with Crippen LogP contribution in [0.5, 0.6) is 0 Å². The number of benzene rings is 1. The number of aromatic amines is 1. The maximum absolute atomic E-state index is 12.8. The summed E-state index contributed by atoms with van der Waals surface area (Å²) in [6.07, 6.45) is 3.73. The predicted molar refractivity (Wildman–Crippen MR) is 86.3 cm³/mol. The van der Waals surface area contributed by atoms with Crippen molar-refractivity contribution in [2.24, 2.45) is 11.7 Å². The molecule has 116 valence electrons. The van der Waals surface area contributed by atoms with E-state index in [9.17, 15) is 4.79 Å². The molecule has 2 atom stereocenters. The van der Waals surface area contributed by atoms with Crippen LogP contribution in [-0.2, 0) is 0 Å². The van der Waals surface area contributed by atoms with E-state index in [4.69, 9.17) is 5.73 Å². The number of piperidine rings is 1. The molecular formula is C17H22N4O. The Bertz CT molecular complexity index is 635. The minimum Gasteiger partial charge on any atom is -0.338 e. The fourth-order valence-corrected chi connectivity index (χ4v) is 3.07. The molecule has 5 nitrogen and oxygen atoms in total. The molecule has 22 heavy (non-hydrogen) atoms. The van der Waals surface area contributed by atoms with Crippen molar-refractivity contribution in [3.05, 3.63) is 42.1 Å². The van der Waals surface area contributed by atoms with E-state index in [0.29, 0.717) is 11.5 Å². The van der Waals surface area contributed by atoms with Crippen LogP contribution in [0.4, 0.5) is 0 Å². The molecule has 3 N–H and O–H groups in total. The number of aromatic nitrogens is 2. The number of likely N-dealkylation sites (tertiary alicyclic amines) is 1. The average Bonchev–Trinajstić information content (AvgIpc) is 3.04. The summed E-state index contributed by atoms with van der Waals surface area (Å²) in [5.74, 6) is 0.419. The van der Waals surface area contributed by atoms with Gasteiger partial charge < -0.3 is 10.6 Å². The summed E-state index contributed by atoms with van der Waals surface area (Å²) >= 11 is 0. The number of hydrogen-bond donors (Lipinski definition) is 2. The van der Waals surface area contributed by atoms with Crippen LogP contribution < -0.4 is 5.73 Å². The van der Waals surface area contributed by atoms with E-state index in [2.05, 4.69) is 10.2 Å². The first-order valence-corrected chi connectivity index (χ1v) is 7.80. The SMILES string of the molecule is C[C@H](N)[C@@H]1CCCN(C(=O)c2cn[nH]c2-c2ccccc2)C1. The van der Waals surface area contributed by atoms with Crippen molar-refractivity contribution in [1.82, 2.24) is 15.1 Å². The Kier molecular flexibility index (Phi) is 4.24. The van der Waals surface area contributed by atoms with E-state index in [1.807, 2.05) is 42.2 Å². The van der Waals surface area contributed by atoms with Crippen LogP contribution in [0.25, 0.3) is 11.3 Å². The zero-order chi connectivity index (χ0) is 15.5. The summed E-state index contributed by atoms with van der Waals surface area (Å²) in [5.41, 5.74) is 8.41. The summed E-state index contributed by atoms with van der Waals surface area (Å²) < 4.78 is 0. The minimum atomic E-state index is 0.0398. The van der Waals surface area contributed by atoms with E-state index in [0.717, 1.165) is 37.2 Å². The maximum Gasteiger partial charge on any atom is 0.257 e. The highest BCUT2D eigenvalue weighted by molar-refractivity contribution is 5.99. The molecule has 0 radical (unpaired) electrons. The second-order valence-corrected chi connectivity index (χ2v) is 6.04. The Balaban J connectivity index is 1.83. The summed E-state index contributed by atoms with van der Waals surface area (Å²) in [7, 11) is 0. The van der Waals surface area contributed by atoms with E-state index >= 15 is 0 Å². The lowest BCUT2D eigenvalue weighted by Gasteiger charge is -2.34. The van der Waals surface area contributed by atoms with Gasteiger partial charge in [0, 0.05) is 24.7 Å². The van der Waals surface area contributed by atoms with Gasteiger partial charge in [-0.3, -0.25) is 9.89 Å². The van der Waals surface area contributed by atoms with Crippen molar-refractivity contribution in [3.63, 3.8) is 0 Å². The molecule has 1 amide bonds. The summed E-state index contributed by atoms with van der Waals surface area (Å²) in [4.78, 5) is 14.8. The lowest BCUT2D eigenvalue weighted by Crippen LogP contribution is -2.45. The highest BCUT2D eigenvalue weighted by atomic mass is 16.2. The molecule has 0 aliphatic carbocycles. The van der Waals surface area contributed by atoms with E-state index in [1.165, 1.54) is 0 Å². The van der Waals surface area contributed by atoms with E-state index < -0.39 is 0 Å². The first-order chi connectivity index (χ1) is 10.7. The Morgan fingerprint density at radius 3 is 2.91 bits per heavy atom. The number of carbonyl (C=O) groups is 1. The molecule has 0 saturated carbocycles. The Labute approximate surface area is 130 Å². The number of hydrogen-bond acceptors (Lipinski definition) is 3. The minimum absolute atomic E-state index is 0.0398. The predicted octanol–water partition coefficient (Wildman–Crippen LogP) is 2.28. The largest absolute Gasteiger partial charge is 0.338 e. The fraction of sp³-hybridized carbons (Fsp3) is 0.412. The van der Waals surface area contributed by atoms with Crippen LogP contribution in [0.3, 0.4) is 0 Å². The molecule has 1 aliphatic heterocycles. The van der Waals surface area contributed by atoms with Crippen LogP contribution in [-0.4, -0.2) is 40.1 Å². The van der Waals surface area contributed by atoms with Gasteiger partial charge in [-0.25, -0.2) is 0 Å². The third-order valence-electron chi connectivity index (χ3n) is 4.42. The van der Waals surface area contributed by atoms with Crippen LogP contribution in [0.1, 0.15) is 30.1 Å². The quantitative estimate of drug-likeness (QED) is 0.913. The number of nitrogens with two attached hydrogens (primary N) is 1. The zero-order valence-corrected chi connectivity index (χ0v) is 12.8. The molecule has 5 heteroatoms. The third-order valence-corrected chi connectivity index (χ3v) is 4.42. The summed E-state index contributed by atoms with van der Waals surface area (Å²) in [5, 5.41) is 7.03. The molecule has 0 unspecified atom stereocenters. The molecule has 0 bridgehead atoms. The molecule has 1 fully saturated rings. The topological polar surface area (TPSA) is 75.0 Å². The van der Waals surface area contributed by atoms with Crippen molar-refractivity contribution in [2.75, 3.05) is 13.1 Å². The van der Waals surface area contributed by atoms with E-state index in [-0.39, 0.29) is 11.9 Å². The molecule has 2 aromatic rings. The normalized spacial score (nSPS) is 19.9. The zero-order valence-electron chi connectivity index (χ0n) is 12.8. The summed E-state index contributed by atoms with van der Waals surface area (Å²) in [6.45, 7) is 3.54. The number of nitrogens with one attached hydrogen (secondary N) is 1. The fourth-order valence-electron chi connectivity index (χ4n) is 3.07. The average molecular weight is 298 g/mol. The molecule has 1 saturated heterocycles. The highest BCUT2D eigenvalue weighted by Crippen LogP contribution is 2.25. The van der Waals surface area contributed by atoms with Crippen LogP contribution in [0, 0.1) is 5.92 Å². The van der Waals surface area contributed by atoms with Crippen molar-refractivity contribution in [1.29, 1.82) is 0 Å². The monoisotopic (exact) mass is 298 g/mol. The van der Waals surface area contributed by atoms with Crippen molar-refractivity contribution >= 4 is 5.91 Å². The van der Waals surface area contributed by atoms with Gasteiger partial charge in [-0.2, -0.15) is 5.10 Å². The van der Waals surface area contributed by atoms with Crippen LogP contribution in [0.2, 0.25) is 0 Å². The van der Waals surface area contributed by atoms with Crippen molar-refractivity contribution < 1.29 is 4.79 Å². The van der Waals surface area contributed by atoms with Crippen molar-refractivity contribution in [2.45, 2.75) is 25.8 Å². The van der Waals surface area contributed by atoms with Gasteiger partial charge in [0.15, 0.2) is 0 Å². The second-order valence-electron chi connectivity index (χ2n) is 6.04. The molecular weight excluding hydrogens is 276 g/mol. The first-order valence-electron chi connectivity index (χ1n) is 7.80. The van der Waals surface area contributed by atoms with Gasteiger partial charge in [-0.1, -0.05) is 30.3 Å². The number of nitrogens with zero attached hydrogens (tertiary/aromatic N) is 2. The van der Waals surface area contributed by atoms with Crippen molar-refractivity contribution in [3.8, 4) is 11.3 Å². The second kappa shape index (κ2) is 6.32. The molecule has 3 rings (SSSR count). The lowest BCUT2D eigenvalue weighted by molar-refractivity contribution is 0.0662. The number of carbonyl (C=O) groups excluding carboxylic acids is 1. The maximum atomic E-state index is 12.8. The van der Waals surface area contributed by atoms with Gasteiger partial charge in [-0.05, 0) is 25.7 Å². The first kappa shape index (κ1) is 14.8. The number of amides is 1. The Morgan fingerprint density at radius 2 is 2.18 bits per heavy atom. The smallest absolute Gasteiger partial charge is 0.257 e. The van der Waals surface area contributed by atoms with Gasteiger partial charge in [0.1, 0.15) is 0 Å². The van der Waals surface area contributed by atoms with Gasteiger partial charge in [0.2, 0.25) is 0 Å². The van der Waals surface area contributed by atoms with E-state index in [1.54, 1.807) is 6.20 Å². The van der Waals surface area contributed by atoms with Gasteiger partial charge in [-0.15, -0.1) is 0 Å². The number of rotatable bonds is 3. The molecule has 0 spiro atoms. The summed E-state index contributed by atoms with van der Waals surface area (Å²) in [6, 6.07) is 9.94. The Hall–Kier alpha value is -2.14. The van der Waals surface area contributed by atoms with Gasteiger partial charge in [0.25, 0.3) is 5.91 Å². The Morgan fingerprint density at radius 1 is 1.41 bits per heavy atom. The molecule has 1 aromatic heterocycles. The van der Waals surface area contributed by atoms with Crippen LogP contribution >= 0.6 is 0 Å². The van der Waals surface area contributed by atoms with Gasteiger partial charge in [0.05, 0.1) is 17.5 Å². The van der Waals surface area contributed by atoms with Crippen LogP contribution in [0.15, 0.2) is 36.5 Å². The molecule has 2 heterocycles. The van der Waals surface area contributed by atoms with Gasteiger partial charge >= 0.3 is 0 Å². The number of H-pyrrole nitrogens is 1. The molecule has 1 aliphatic rings. The molecule has 1 aromatic carbocycles. The standard InChI is InChI=1S/C17H22N4O/c1-12(18)14-8-5-9-21(11-14)17(22)15-10-19-20-16(15)13-6-3-2-4-7-13/h2-4,6-7,10,12,14H,5,8-9,11,18H2,1H3,(H,19,20)/t12-,14+/m0/s1. The third kappa shape index (κ3) is 2.90. The lowest BCUT2D eigenvalue weighted by atomic mass is 9.91. The highest BCUT2D eigenvalue weighted by Gasteiger charge is 2.28.